The predicted octanol–water partition coefficient (Wildman–Crippen LogP) is 5.90. The monoisotopic (exact) mass is 571 g/mol. The van der Waals surface area contributed by atoms with Gasteiger partial charge in [0.2, 0.25) is 5.88 Å². The highest BCUT2D eigenvalue weighted by atomic mass is 35.5. The fraction of sp³-hybridized carbons (Fsp3) is 0.231. The molecule has 1 unspecified atom stereocenters. The van der Waals surface area contributed by atoms with E-state index >= 15 is 0 Å². The number of amides is 2. The maximum Gasteiger partial charge on any atom is 0.274 e. The molecule has 4 aromatic rings. The topological polar surface area (TPSA) is 107 Å². The molecule has 5 rings (SSSR count). The number of carbonyl (C=O) groups is 2. The van der Waals surface area contributed by atoms with Crippen LogP contribution in [0.1, 0.15) is 39.3 Å². The van der Waals surface area contributed by atoms with Crippen molar-refractivity contribution in [2.45, 2.75) is 25.9 Å². The highest BCUT2D eigenvalue weighted by Gasteiger charge is 2.24. The van der Waals surface area contributed by atoms with E-state index in [2.05, 4.69) is 20.7 Å². The van der Waals surface area contributed by atoms with Gasteiger partial charge >= 0.3 is 0 Å². The molecule has 1 fully saturated rings. The molecule has 0 aliphatic carbocycles. The Kier molecular flexibility index (Phi) is 7.94. The summed E-state index contributed by atoms with van der Waals surface area (Å²) in [7, 11) is 0. The summed E-state index contributed by atoms with van der Waals surface area (Å²) in [5.74, 6) is 0.0964. The van der Waals surface area contributed by atoms with Gasteiger partial charge in [0.1, 0.15) is 11.4 Å². The summed E-state index contributed by atoms with van der Waals surface area (Å²) in [5, 5.41) is 14.5. The van der Waals surface area contributed by atoms with Crippen LogP contribution in [-0.4, -0.2) is 45.8 Å². The van der Waals surface area contributed by atoms with Gasteiger partial charge in [0.25, 0.3) is 11.8 Å². The number of rotatable bonds is 8. The smallest absolute Gasteiger partial charge is 0.274 e. The Bertz CT molecular complexity index is 1470. The molecule has 0 radical (unpaired) electrons. The molecule has 1 saturated heterocycles. The van der Waals surface area contributed by atoms with Crippen molar-refractivity contribution in [3.8, 4) is 17.4 Å². The van der Waals surface area contributed by atoms with E-state index in [0.717, 1.165) is 12.8 Å². The fourth-order valence-corrected chi connectivity index (χ4v) is 5.10. The molecule has 3 aromatic heterocycles. The summed E-state index contributed by atoms with van der Waals surface area (Å²) in [6.07, 6.45) is 3.36. The fourth-order valence-electron chi connectivity index (χ4n) is 4.07. The first-order valence-electron chi connectivity index (χ1n) is 11.8. The molecule has 9 nitrogen and oxygen atoms in total. The number of halogens is 2. The quantitative estimate of drug-likeness (QED) is 0.272. The van der Waals surface area contributed by atoms with Gasteiger partial charge in [-0.3, -0.25) is 9.59 Å². The molecule has 0 saturated carbocycles. The molecule has 1 aromatic carbocycles. The summed E-state index contributed by atoms with van der Waals surface area (Å²) in [5.41, 5.74) is 1.28. The van der Waals surface area contributed by atoms with Crippen LogP contribution in [-0.2, 0) is 4.74 Å². The summed E-state index contributed by atoms with van der Waals surface area (Å²) in [4.78, 5) is 31.0. The molecule has 1 atom stereocenters. The zero-order valence-corrected chi connectivity index (χ0v) is 22.6. The lowest BCUT2D eigenvalue weighted by Gasteiger charge is -2.16. The van der Waals surface area contributed by atoms with Gasteiger partial charge in [0, 0.05) is 35.8 Å². The normalized spacial score (nSPS) is 14.9. The number of nitrogens with one attached hydrogen (secondary N) is 2. The Morgan fingerprint density at radius 3 is 2.84 bits per heavy atom. The van der Waals surface area contributed by atoms with Gasteiger partial charge in [0.15, 0.2) is 5.82 Å². The number of aromatic nitrogens is 3. The van der Waals surface area contributed by atoms with E-state index in [9.17, 15) is 9.59 Å². The van der Waals surface area contributed by atoms with Crippen molar-refractivity contribution in [2.24, 2.45) is 0 Å². The Labute approximate surface area is 232 Å². The van der Waals surface area contributed by atoms with Crippen molar-refractivity contribution in [3.63, 3.8) is 0 Å². The Balaban J connectivity index is 1.46. The maximum atomic E-state index is 13.6. The number of hydrogen-bond donors (Lipinski definition) is 2. The molecule has 12 heteroatoms. The van der Waals surface area contributed by atoms with Gasteiger partial charge < -0.3 is 20.1 Å². The number of hydrogen-bond acceptors (Lipinski definition) is 7. The van der Waals surface area contributed by atoms with Gasteiger partial charge in [0.05, 0.1) is 22.4 Å². The van der Waals surface area contributed by atoms with E-state index in [1.165, 1.54) is 28.2 Å². The second kappa shape index (κ2) is 11.5. The SMILES string of the molecule is Cc1cc(Cl)cc(C(=O)NCC2CCCO2)c1NC(=O)c1cc(Oc2ccsc2)nn1-c1ncccc1Cl. The molecule has 38 heavy (non-hydrogen) atoms. The lowest BCUT2D eigenvalue weighted by Crippen LogP contribution is -2.32. The highest BCUT2D eigenvalue weighted by molar-refractivity contribution is 7.08. The standard InChI is InChI=1S/C26H23Cl2N5O4S/c1-15-10-16(27)11-19(25(34)30-13-17-4-3-8-36-17)23(15)31-26(35)21-12-22(37-18-6-9-38-14-18)32-33(21)24-20(28)5-2-7-29-24/h2,5-7,9-12,14,17H,3-4,8,13H2,1H3,(H,30,34)(H,31,35). The molecule has 1 aliphatic heterocycles. The number of ether oxygens (including phenoxy) is 2. The minimum absolute atomic E-state index is 0.0311. The van der Waals surface area contributed by atoms with Crippen molar-refractivity contribution < 1.29 is 19.1 Å². The molecule has 2 amide bonds. The van der Waals surface area contributed by atoms with Crippen molar-refractivity contribution >= 4 is 52.0 Å². The lowest BCUT2D eigenvalue weighted by atomic mass is 10.1. The third-order valence-corrected chi connectivity index (χ3v) is 7.05. The van der Waals surface area contributed by atoms with Gasteiger partial charge in [-0.25, -0.2) is 9.67 Å². The van der Waals surface area contributed by atoms with Crippen molar-refractivity contribution in [3.05, 3.63) is 80.2 Å². The summed E-state index contributed by atoms with van der Waals surface area (Å²) >= 11 is 14.1. The van der Waals surface area contributed by atoms with E-state index in [-0.39, 0.29) is 35.0 Å². The summed E-state index contributed by atoms with van der Waals surface area (Å²) < 4.78 is 12.7. The van der Waals surface area contributed by atoms with Gasteiger partial charge in [-0.15, -0.1) is 16.4 Å². The molecule has 0 bridgehead atoms. The zero-order valence-electron chi connectivity index (χ0n) is 20.2. The van der Waals surface area contributed by atoms with Crippen LogP contribution in [0.4, 0.5) is 5.69 Å². The third kappa shape index (κ3) is 5.83. The Hall–Kier alpha value is -3.44. The summed E-state index contributed by atoms with van der Waals surface area (Å²) in [6.45, 7) is 2.81. The average Bonchev–Trinajstić information content (AvgIpc) is 3.67. The minimum Gasteiger partial charge on any atom is -0.437 e. The number of anilines is 1. The van der Waals surface area contributed by atoms with Gasteiger partial charge in [-0.05, 0) is 61.0 Å². The molecule has 2 N–H and O–H groups in total. The van der Waals surface area contributed by atoms with Gasteiger partial charge in [-0.1, -0.05) is 23.2 Å². The van der Waals surface area contributed by atoms with E-state index in [4.69, 9.17) is 32.7 Å². The molecular weight excluding hydrogens is 549 g/mol. The second-order valence-electron chi connectivity index (χ2n) is 8.59. The van der Waals surface area contributed by atoms with Crippen molar-refractivity contribution in [1.29, 1.82) is 0 Å². The number of nitrogens with zero attached hydrogens (tertiary/aromatic N) is 3. The van der Waals surface area contributed by atoms with E-state index in [1.807, 2.05) is 10.8 Å². The lowest BCUT2D eigenvalue weighted by molar-refractivity contribution is 0.0858. The van der Waals surface area contributed by atoms with Crippen LogP contribution < -0.4 is 15.4 Å². The number of carbonyl (C=O) groups excluding carboxylic acids is 2. The minimum atomic E-state index is -0.544. The number of thiophene rings is 1. The molecule has 4 heterocycles. The van der Waals surface area contributed by atoms with E-state index in [0.29, 0.717) is 40.2 Å². The number of aryl methyl sites for hydroxylation is 1. The van der Waals surface area contributed by atoms with Crippen LogP contribution in [0.2, 0.25) is 10.0 Å². The zero-order chi connectivity index (χ0) is 26.6. The Morgan fingerprint density at radius 1 is 1.24 bits per heavy atom. The predicted molar refractivity (Wildman–Crippen MR) is 146 cm³/mol. The van der Waals surface area contributed by atoms with E-state index in [1.54, 1.807) is 37.4 Å². The third-order valence-electron chi connectivity index (χ3n) is 5.87. The van der Waals surface area contributed by atoms with Gasteiger partial charge in [-0.2, -0.15) is 0 Å². The van der Waals surface area contributed by atoms with Crippen molar-refractivity contribution in [1.82, 2.24) is 20.1 Å². The van der Waals surface area contributed by atoms with Crippen LogP contribution in [0.15, 0.2) is 53.4 Å². The first kappa shape index (κ1) is 26.2. The van der Waals surface area contributed by atoms with Crippen LogP contribution in [0.3, 0.4) is 0 Å². The molecule has 1 aliphatic rings. The average molecular weight is 572 g/mol. The van der Waals surface area contributed by atoms with Crippen LogP contribution in [0.5, 0.6) is 11.6 Å². The largest absolute Gasteiger partial charge is 0.437 e. The molecular formula is C26H23Cl2N5O4S. The molecule has 0 spiro atoms. The number of benzene rings is 1. The molecule has 196 valence electrons. The van der Waals surface area contributed by atoms with Crippen molar-refractivity contribution in [2.75, 3.05) is 18.5 Å². The Morgan fingerprint density at radius 2 is 2.11 bits per heavy atom. The van der Waals surface area contributed by atoms with Crippen LogP contribution >= 0.6 is 34.5 Å². The highest BCUT2D eigenvalue weighted by Crippen LogP contribution is 2.29. The maximum absolute atomic E-state index is 13.6. The van der Waals surface area contributed by atoms with Crippen LogP contribution in [0, 0.1) is 6.92 Å². The van der Waals surface area contributed by atoms with E-state index < -0.39 is 5.91 Å². The first-order chi connectivity index (χ1) is 18.4. The van der Waals surface area contributed by atoms with Crippen LogP contribution in [0.25, 0.3) is 5.82 Å². The second-order valence-corrected chi connectivity index (χ2v) is 10.2. The summed E-state index contributed by atoms with van der Waals surface area (Å²) in [6, 6.07) is 9.79. The number of pyridine rings is 1. The first-order valence-corrected chi connectivity index (χ1v) is 13.5.